The van der Waals surface area contributed by atoms with E-state index in [1.54, 1.807) is 12.1 Å². The number of ether oxygens (including phenoxy) is 1. The Balaban J connectivity index is 1.69. The number of nitrogens with zero attached hydrogens (tertiary/aromatic N) is 2. The summed E-state index contributed by atoms with van der Waals surface area (Å²) in [5, 5.41) is 22.4. The number of hydrogen-bond acceptors (Lipinski definition) is 7. The fourth-order valence-corrected chi connectivity index (χ4v) is 4.10. The van der Waals surface area contributed by atoms with Crippen LogP contribution in [0.15, 0.2) is 66.2 Å². The van der Waals surface area contributed by atoms with Gasteiger partial charge < -0.3 is 9.84 Å². The molecule has 0 saturated carbocycles. The molecule has 1 aliphatic rings. The Hall–Kier alpha value is -4.74. The van der Waals surface area contributed by atoms with Crippen molar-refractivity contribution in [2.24, 2.45) is 0 Å². The highest BCUT2D eigenvalue weighted by atomic mass is 35.5. The van der Waals surface area contributed by atoms with Gasteiger partial charge in [-0.1, -0.05) is 41.4 Å². The van der Waals surface area contributed by atoms with Gasteiger partial charge in [0, 0.05) is 22.7 Å². The minimum atomic E-state index is -1.08. The molecule has 0 aliphatic carbocycles. The van der Waals surface area contributed by atoms with Crippen LogP contribution in [0.2, 0.25) is 10.0 Å². The fourth-order valence-electron chi connectivity index (χ4n) is 3.53. The summed E-state index contributed by atoms with van der Waals surface area (Å²) in [4.78, 5) is 60.4. The van der Waals surface area contributed by atoms with E-state index in [4.69, 9.17) is 33.0 Å². The van der Waals surface area contributed by atoms with Crippen molar-refractivity contribution in [2.75, 3.05) is 4.90 Å². The van der Waals surface area contributed by atoms with Crippen molar-refractivity contribution in [1.82, 2.24) is 5.32 Å². The SMILES string of the molecule is O=C1NC(=O)N(c2cccc([N+](=O)[O-])c2)C(=O)/C1=C/c1cc(Cl)cc(Cl)c1OCc1ccc(C(=O)O)cc1. The Morgan fingerprint density at radius 3 is 2.45 bits per heavy atom. The Morgan fingerprint density at radius 1 is 1.08 bits per heavy atom. The number of carbonyl (C=O) groups excluding carboxylic acids is 3. The molecule has 3 aromatic rings. The van der Waals surface area contributed by atoms with Crippen LogP contribution in [0.25, 0.3) is 6.08 Å². The predicted octanol–water partition coefficient (Wildman–Crippen LogP) is 4.85. The number of halogens is 2. The molecule has 0 bridgehead atoms. The second-order valence-electron chi connectivity index (χ2n) is 7.83. The number of nitro benzene ring substituents is 1. The number of nitro groups is 1. The van der Waals surface area contributed by atoms with Gasteiger partial charge in [0.15, 0.2) is 0 Å². The van der Waals surface area contributed by atoms with Crippen molar-refractivity contribution < 1.29 is 33.9 Å². The highest BCUT2D eigenvalue weighted by Crippen LogP contribution is 2.35. The molecule has 1 saturated heterocycles. The van der Waals surface area contributed by atoms with Crippen LogP contribution >= 0.6 is 23.2 Å². The van der Waals surface area contributed by atoms with Crippen LogP contribution in [0, 0.1) is 10.1 Å². The number of non-ortho nitro benzene ring substituents is 1. The zero-order chi connectivity index (χ0) is 27.6. The van der Waals surface area contributed by atoms with Gasteiger partial charge in [0.2, 0.25) is 0 Å². The van der Waals surface area contributed by atoms with Crippen molar-refractivity contribution in [3.63, 3.8) is 0 Å². The standard InChI is InChI=1S/C25H15Cl2N3O8/c26-16-8-15(21(20(27)10-16)38-12-13-4-6-14(7-5-13)24(33)34)9-19-22(31)28-25(35)29(23(19)32)17-2-1-3-18(11-17)30(36)37/h1-11H,12H2,(H,33,34)(H,28,31,35)/b19-9+. The molecule has 0 spiro atoms. The summed E-state index contributed by atoms with van der Waals surface area (Å²) in [5.74, 6) is -3.07. The number of urea groups is 1. The smallest absolute Gasteiger partial charge is 0.335 e. The summed E-state index contributed by atoms with van der Waals surface area (Å²) in [7, 11) is 0. The summed E-state index contributed by atoms with van der Waals surface area (Å²) in [6.07, 6.45) is 1.13. The van der Waals surface area contributed by atoms with E-state index in [0.717, 1.165) is 12.1 Å². The van der Waals surface area contributed by atoms with Gasteiger partial charge in [-0.2, -0.15) is 0 Å². The lowest BCUT2D eigenvalue weighted by Crippen LogP contribution is -2.54. The fraction of sp³-hybridized carbons (Fsp3) is 0.0400. The minimum Gasteiger partial charge on any atom is -0.487 e. The van der Waals surface area contributed by atoms with Crippen molar-refractivity contribution >= 4 is 64.5 Å². The van der Waals surface area contributed by atoms with E-state index in [-0.39, 0.29) is 44.9 Å². The minimum absolute atomic E-state index is 0.0458. The maximum absolute atomic E-state index is 13.2. The molecule has 38 heavy (non-hydrogen) atoms. The number of carboxylic acids is 1. The molecule has 4 rings (SSSR count). The van der Waals surface area contributed by atoms with Crippen molar-refractivity contribution in [2.45, 2.75) is 6.61 Å². The topological polar surface area (TPSA) is 156 Å². The number of benzene rings is 3. The van der Waals surface area contributed by atoms with Gasteiger partial charge in [-0.15, -0.1) is 0 Å². The summed E-state index contributed by atoms with van der Waals surface area (Å²) >= 11 is 12.5. The molecular weight excluding hydrogens is 541 g/mol. The summed E-state index contributed by atoms with van der Waals surface area (Å²) < 4.78 is 5.81. The third-order valence-electron chi connectivity index (χ3n) is 5.32. The molecule has 13 heteroatoms. The number of carbonyl (C=O) groups is 4. The van der Waals surface area contributed by atoms with E-state index in [2.05, 4.69) is 0 Å². The van der Waals surface area contributed by atoms with E-state index in [0.29, 0.717) is 10.5 Å². The molecule has 1 aliphatic heterocycles. The monoisotopic (exact) mass is 555 g/mol. The van der Waals surface area contributed by atoms with Gasteiger partial charge in [-0.25, -0.2) is 14.5 Å². The Morgan fingerprint density at radius 2 is 1.79 bits per heavy atom. The second kappa shape index (κ2) is 10.7. The van der Waals surface area contributed by atoms with E-state index in [1.807, 2.05) is 5.32 Å². The summed E-state index contributed by atoms with van der Waals surface area (Å²) in [5.41, 5.74) is -0.131. The number of barbiturate groups is 1. The van der Waals surface area contributed by atoms with Crippen LogP contribution in [-0.2, 0) is 16.2 Å². The van der Waals surface area contributed by atoms with E-state index in [9.17, 15) is 29.3 Å². The van der Waals surface area contributed by atoms with Gasteiger partial charge in [-0.3, -0.25) is 25.0 Å². The lowest BCUT2D eigenvalue weighted by atomic mass is 10.1. The Bertz CT molecular complexity index is 1540. The highest BCUT2D eigenvalue weighted by Gasteiger charge is 2.37. The summed E-state index contributed by atoms with van der Waals surface area (Å²) in [6.45, 7) is -0.0458. The zero-order valence-corrected chi connectivity index (χ0v) is 20.5. The number of amides is 4. The van der Waals surface area contributed by atoms with Crippen molar-refractivity contribution in [1.29, 1.82) is 0 Å². The molecule has 1 fully saturated rings. The lowest BCUT2D eigenvalue weighted by Gasteiger charge is -2.26. The number of rotatable bonds is 7. The van der Waals surface area contributed by atoms with Gasteiger partial charge in [0.05, 0.1) is 21.2 Å². The molecule has 4 amide bonds. The largest absolute Gasteiger partial charge is 0.487 e. The molecule has 0 unspecified atom stereocenters. The third-order valence-corrected chi connectivity index (χ3v) is 5.82. The molecule has 3 aromatic carbocycles. The molecule has 0 aromatic heterocycles. The average Bonchev–Trinajstić information content (AvgIpc) is 2.86. The molecule has 1 heterocycles. The van der Waals surface area contributed by atoms with E-state index >= 15 is 0 Å². The highest BCUT2D eigenvalue weighted by molar-refractivity contribution is 6.40. The number of hydrogen-bond donors (Lipinski definition) is 2. The van der Waals surface area contributed by atoms with E-state index in [1.165, 1.54) is 42.5 Å². The maximum Gasteiger partial charge on any atom is 0.335 e. The number of imide groups is 2. The van der Waals surface area contributed by atoms with Crippen LogP contribution in [0.3, 0.4) is 0 Å². The number of aromatic carboxylic acids is 1. The first kappa shape index (κ1) is 26.3. The average molecular weight is 556 g/mol. The van der Waals surface area contributed by atoms with E-state index < -0.39 is 34.3 Å². The molecule has 192 valence electrons. The molecular formula is C25H15Cl2N3O8. The predicted molar refractivity (Wildman–Crippen MR) is 136 cm³/mol. The molecule has 11 nitrogen and oxygen atoms in total. The number of carboxylic acid groups (broad SMARTS) is 1. The third kappa shape index (κ3) is 5.48. The van der Waals surface area contributed by atoms with Crippen molar-refractivity contribution in [3.05, 3.63) is 103 Å². The summed E-state index contributed by atoms with van der Waals surface area (Å²) in [6, 6.07) is 12.4. The molecule has 0 atom stereocenters. The first-order valence-electron chi connectivity index (χ1n) is 10.6. The maximum atomic E-state index is 13.2. The first-order chi connectivity index (χ1) is 18.0. The quantitative estimate of drug-likeness (QED) is 0.181. The number of anilines is 1. The second-order valence-corrected chi connectivity index (χ2v) is 8.68. The van der Waals surface area contributed by atoms with Gasteiger partial charge in [0.25, 0.3) is 17.5 Å². The molecule has 2 N–H and O–H groups in total. The lowest BCUT2D eigenvalue weighted by molar-refractivity contribution is -0.384. The van der Waals surface area contributed by atoms with Gasteiger partial charge in [-0.05, 0) is 42.0 Å². The van der Waals surface area contributed by atoms with Crippen LogP contribution < -0.4 is 15.0 Å². The van der Waals surface area contributed by atoms with Crippen LogP contribution in [0.4, 0.5) is 16.2 Å². The Labute approximate surface area is 224 Å². The van der Waals surface area contributed by atoms with Crippen LogP contribution in [0.1, 0.15) is 21.5 Å². The van der Waals surface area contributed by atoms with Gasteiger partial charge >= 0.3 is 12.0 Å². The normalized spacial score (nSPS) is 14.4. The van der Waals surface area contributed by atoms with Crippen molar-refractivity contribution in [3.8, 4) is 5.75 Å². The van der Waals surface area contributed by atoms with Crippen LogP contribution in [-0.4, -0.2) is 33.8 Å². The van der Waals surface area contributed by atoms with Gasteiger partial charge in [0.1, 0.15) is 17.9 Å². The Kier molecular flexibility index (Phi) is 7.42. The number of nitrogens with one attached hydrogen (secondary N) is 1. The molecule has 0 radical (unpaired) electrons. The van der Waals surface area contributed by atoms with Crippen LogP contribution in [0.5, 0.6) is 5.75 Å². The zero-order valence-electron chi connectivity index (χ0n) is 19.0. The first-order valence-corrected chi connectivity index (χ1v) is 11.4.